The van der Waals surface area contributed by atoms with Gasteiger partial charge >= 0.3 is 0 Å². The fourth-order valence-electron chi connectivity index (χ4n) is 2.99. The van der Waals surface area contributed by atoms with Gasteiger partial charge in [-0.15, -0.1) is 0 Å². The first-order valence-corrected chi connectivity index (χ1v) is 7.58. The van der Waals surface area contributed by atoms with Crippen LogP contribution in [0.2, 0.25) is 0 Å². The Bertz CT molecular complexity index is 942. The van der Waals surface area contributed by atoms with Crippen LogP contribution in [0.4, 0.5) is 0 Å². The molecule has 0 aliphatic heterocycles. The first-order valence-electron chi connectivity index (χ1n) is 7.58. The van der Waals surface area contributed by atoms with Gasteiger partial charge in [0, 0.05) is 16.5 Å². The largest absolute Gasteiger partial charge is 0.545 e. The first kappa shape index (κ1) is 15.2. The van der Waals surface area contributed by atoms with E-state index < -0.39 is 5.97 Å². The van der Waals surface area contributed by atoms with E-state index in [-0.39, 0.29) is 5.56 Å². The van der Waals surface area contributed by atoms with Gasteiger partial charge < -0.3 is 9.90 Å². The maximum atomic E-state index is 11.7. The summed E-state index contributed by atoms with van der Waals surface area (Å²) in [5.41, 5.74) is 6.42. The average Bonchev–Trinajstić information content (AvgIpc) is 2.49. The molecule has 0 unspecified atom stereocenters. The maximum absolute atomic E-state index is 11.7. The summed E-state index contributed by atoms with van der Waals surface area (Å²) in [5.74, 6) is -1.16. The number of aromatic carboxylic acids is 1. The molecule has 0 N–H and O–H groups in total. The average molecular weight is 304 g/mol. The van der Waals surface area contributed by atoms with E-state index in [1.165, 1.54) is 0 Å². The highest BCUT2D eigenvalue weighted by atomic mass is 16.4. The van der Waals surface area contributed by atoms with Gasteiger partial charge in [-0.25, -0.2) is 4.98 Å². The van der Waals surface area contributed by atoms with Gasteiger partial charge in [0.05, 0.1) is 17.2 Å². The lowest BCUT2D eigenvalue weighted by Gasteiger charge is -2.17. The second kappa shape index (κ2) is 5.51. The molecule has 0 radical (unpaired) electrons. The molecule has 0 aliphatic carbocycles. The number of rotatable bonds is 2. The molecule has 116 valence electrons. The number of hydrogen-bond donors (Lipinski definition) is 0. The molecule has 0 aliphatic rings. The summed E-state index contributed by atoms with van der Waals surface area (Å²) in [4.78, 5) is 16.5. The van der Waals surface area contributed by atoms with E-state index in [0.717, 1.165) is 22.3 Å². The molecule has 3 nitrogen and oxygen atoms in total. The van der Waals surface area contributed by atoms with Crippen LogP contribution in [-0.2, 0) is 0 Å². The van der Waals surface area contributed by atoms with Crippen LogP contribution < -0.4 is 5.11 Å². The molecular weight excluding hydrogens is 286 g/mol. The summed E-state index contributed by atoms with van der Waals surface area (Å²) in [6.45, 7) is 7.76. The molecule has 3 aromatic rings. The van der Waals surface area contributed by atoms with E-state index in [0.29, 0.717) is 22.2 Å². The number of carboxylic acid groups (broad SMARTS) is 1. The van der Waals surface area contributed by atoms with Crippen LogP contribution in [0.5, 0.6) is 0 Å². The number of carboxylic acids is 1. The van der Waals surface area contributed by atoms with Crippen LogP contribution in [0.15, 0.2) is 36.4 Å². The van der Waals surface area contributed by atoms with Crippen LogP contribution >= 0.6 is 0 Å². The molecule has 0 bridgehead atoms. The predicted octanol–water partition coefficient (Wildman–Crippen LogP) is 3.50. The SMILES string of the molecule is Cc1ccc(C)c(-c2nc3ccc(C)cc3c(C(=O)[O-])c2C)c1. The molecule has 0 saturated carbocycles. The van der Waals surface area contributed by atoms with Crippen molar-refractivity contribution in [3.63, 3.8) is 0 Å². The molecule has 3 rings (SSSR count). The summed E-state index contributed by atoms with van der Waals surface area (Å²) in [6.07, 6.45) is 0. The number of carbonyl (C=O) groups is 1. The number of aromatic nitrogens is 1. The summed E-state index contributed by atoms with van der Waals surface area (Å²) < 4.78 is 0. The van der Waals surface area contributed by atoms with Crippen molar-refractivity contribution in [3.05, 3.63) is 64.2 Å². The van der Waals surface area contributed by atoms with Crippen LogP contribution in [-0.4, -0.2) is 11.0 Å². The van der Waals surface area contributed by atoms with E-state index in [2.05, 4.69) is 0 Å². The molecule has 0 fully saturated rings. The summed E-state index contributed by atoms with van der Waals surface area (Å²) in [5, 5.41) is 12.4. The van der Waals surface area contributed by atoms with Gasteiger partial charge in [-0.1, -0.05) is 29.3 Å². The normalized spacial score (nSPS) is 11.0. The molecule has 1 aromatic heterocycles. The number of pyridine rings is 1. The van der Waals surface area contributed by atoms with Crippen molar-refractivity contribution in [3.8, 4) is 11.3 Å². The van der Waals surface area contributed by atoms with Crippen molar-refractivity contribution in [1.82, 2.24) is 4.98 Å². The first-order chi connectivity index (χ1) is 10.9. The lowest BCUT2D eigenvalue weighted by molar-refractivity contribution is -0.254. The zero-order valence-electron chi connectivity index (χ0n) is 13.7. The maximum Gasteiger partial charge on any atom is 0.0748 e. The number of carbonyl (C=O) groups excluding carboxylic acids is 1. The van der Waals surface area contributed by atoms with Crippen molar-refractivity contribution < 1.29 is 9.90 Å². The highest BCUT2D eigenvalue weighted by molar-refractivity contribution is 6.05. The quantitative estimate of drug-likeness (QED) is 0.728. The van der Waals surface area contributed by atoms with E-state index in [1.54, 1.807) is 6.92 Å². The highest BCUT2D eigenvalue weighted by Gasteiger charge is 2.15. The Morgan fingerprint density at radius 1 is 0.957 bits per heavy atom. The topological polar surface area (TPSA) is 53.0 Å². The molecule has 0 amide bonds. The number of hydrogen-bond acceptors (Lipinski definition) is 3. The summed E-state index contributed by atoms with van der Waals surface area (Å²) >= 11 is 0. The standard InChI is InChI=1S/C20H19NO2/c1-11-5-7-13(3)15(9-11)19-14(4)18(20(22)23)16-10-12(2)6-8-17(16)21-19/h5-10H,1-4H3,(H,22,23)/p-1. The Balaban J connectivity index is 2.43. The third kappa shape index (κ3) is 2.59. The van der Waals surface area contributed by atoms with Crippen LogP contribution in [0.25, 0.3) is 22.2 Å². The lowest BCUT2D eigenvalue weighted by Crippen LogP contribution is -2.24. The Labute approximate surface area is 135 Å². The van der Waals surface area contributed by atoms with Gasteiger partial charge in [-0.3, -0.25) is 0 Å². The third-order valence-corrected chi connectivity index (χ3v) is 4.24. The second-order valence-corrected chi connectivity index (χ2v) is 6.09. The lowest BCUT2D eigenvalue weighted by atomic mass is 9.94. The Hall–Kier alpha value is -2.68. The monoisotopic (exact) mass is 304 g/mol. The molecule has 0 atom stereocenters. The van der Waals surface area contributed by atoms with Gasteiger partial charge in [0.25, 0.3) is 0 Å². The number of aryl methyl sites for hydroxylation is 3. The van der Waals surface area contributed by atoms with E-state index in [1.807, 2.05) is 57.2 Å². The Morgan fingerprint density at radius 2 is 1.61 bits per heavy atom. The second-order valence-electron chi connectivity index (χ2n) is 6.09. The zero-order chi connectivity index (χ0) is 16.7. The number of benzene rings is 2. The van der Waals surface area contributed by atoms with Gasteiger partial charge in [-0.2, -0.15) is 0 Å². The molecule has 0 spiro atoms. The van der Waals surface area contributed by atoms with Gasteiger partial charge in [-0.05, 0) is 57.0 Å². The van der Waals surface area contributed by atoms with E-state index in [4.69, 9.17) is 4.98 Å². The molecular formula is C20H18NO2-. The number of nitrogens with zero attached hydrogens (tertiary/aromatic N) is 1. The van der Waals surface area contributed by atoms with Gasteiger partial charge in [0.15, 0.2) is 0 Å². The Kier molecular flexibility index (Phi) is 3.64. The minimum atomic E-state index is -1.16. The predicted molar refractivity (Wildman–Crippen MR) is 90.5 cm³/mol. The van der Waals surface area contributed by atoms with E-state index in [9.17, 15) is 9.90 Å². The molecule has 0 saturated heterocycles. The number of fused-ring (bicyclic) bond motifs is 1. The smallest absolute Gasteiger partial charge is 0.0748 e. The fourth-order valence-corrected chi connectivity index (χ4v) is 2.99. The molecule has 1 heterocycles. The van der Waals surface area contributed by atoms with Gasteiger partial charge in [0.2, 0.25) is 0 Å². The van der Waals surface area contributed by atoms with Crippen molar-refractivity contribution >= 4 is 16.9 Å². The summed E-state index contributed by atoms with van der Waals surface area (Å²) in [7, 11) is 0. The summed E-state index contributed by atoms with van der Waals surface area (Å²) in [6, 6.07) is 11.8. The van der Waals surface area contributed by atoms with Crippen LogP contribution in [0.1, 0.15) is 32.6 Å². The minimum absolute atomic E-state index is 0.231. The van der Waals surface area contributed by atoms with Crippen molar-refractivity contribution in [1.29, 1.82) is 0 Å². The van der Waals surface area contributed by atoms with E-state index >= 15 is 0 Å². The van der Waals surface area contributed by atoms with Crippen molar-refractivity contribution in [2.24, 2.45) is 0 Å². The molecule has 3 heteroatoms. The van der Waals surface area contributed by atoms with Crippen LogP contribution in [0, 0.1) is 27.7 Å². The van der Waals surface area contributed by atoms with Crippen molar-refractivity contribution in [2.45, 2.75) is 27.7 Å². The third-order valence-electron chi connectivity index (χ3n) is 4.24. The molecule has 23 heavy (non-hydrogen) atoms. The Morgan fingerprint density at radius 3 is 2.30 bits per heavy atom. The fraction of sp³-hybridized carbons (Fsp3) is 0.200. The van der Waals surface area contributed by atoms with Crippen molar-refractivity contribution in [2.75, 3.05) is 0 Å². The molecule has 2 aromatic carbocycles. The zero-order valence-corrected chi connectivity index (χ0v) is 13.7. The van der Waals surface area contributed by atoms with Crippen LogP contribution in [0.3, 0.4) is 0 Å². The van der Waals surface area contributed by atoms with Gasteiger partial charge in [0.1, 0.15) is 0 Å². The highest BCUT2D eigenvalue weighted by Crippen LogP contribution is 2.32. The minimum Gasteiger partial charge on any atom is -0.545 e.